The second-order valence-electron chi connectivity index (χ2n) is 13.3. The molecule has 3 nitrogen and oxygen atoms in total. The van der Waals surface area contributed by atoms with Crippen LogP contribution in [0.4, 0.5) is 34.1 Å². The Balaban J connectivity index is 1.14. The number of anilines is 6. The first-order valence-corrected chi connectivity index (χ1v) is 18.2. The van der Waals surface area contributed by atoms with E-state index in [2.05, 4.69) is 186 Å². The van der Waals surface area contributed by atoms with E-state index in [1.54, 1.807) is 0 Å². The van der Waals surface area contributed by atoms with Crippen LogP contribution in [0.5, 0.6) is 11.5 Å². The summed E-state index contributed by atoms with van der Waals surface area (Å²) < 4.78 is 9.49. The standard InChI is InChI=1S/C46H29BN2OS/c1-4-14-31(15-5-1)48(32-16-6-2-7-17-32)34-24-25-36-37-26-27-38-45(46(37)51-42(36)29-34)50-41-22-12-21-39-44(41)47(38)43-35-20-11-10-13-30(35)23-28-40(43)49(39)33-18-8-3-9-19-33/h1-29H. The monoisotopic (exact) mass is 668 g/mol. The van der Waals surface area contributed by atoms with Gasteiger partial charge in [0, 0.05) is 49.6 Å². The number of para-hydroxylation sites is 3. The van der Waals surface area contributed by atoms with Crippen LogP contribution in [0, 0.1) is 0 Å². The number of thiophene rings is 1. The average Bonchev–Trinajstić information content (AvgIpc) is 3.57. The lowest BCUT2D eigenvalue weighted by Crippen LogP contribution is -2.59. The van der Waals surface area contributed by atoms with Gasteiger partial charge in [0.1, 0.15) is 11.5 Å². The van der Waals surface area contributed by atoms with Gasteiger partial charge in [0.05, 0.1) is 4.70 Å². The molecule has 3 heterocycles. The molecule has 8 aromatic carbocycles. The zero-order chi connectivity index (χ0) is 33.5. The predicted octanol–water partition coefficient (Wildman–Crippen LogP) is 11.1. The topological polar surface area (TPSA) is 15.7 Å². The molecule has 2 aliphatic rings. The summed E-state index contributed by atoms with van der Waals surface area (Å²) in [5, 5.41) is 4.99. The van der Waals surface area contributed by atoms with Crippen LogP contribution >= 0.6 is 11.3 Å². The number of hydrogen-bond donors (Lipinski definition) is 0. The Morgan fingerprint density at radius 2 is 1.20 bits per heavy atom. The third-order valence-corrected chi connectivity index (χ3v) is 11.7. The van der Waals surface area contributed by atoms with Gasteiger partial charge in [-0.25, -0.2) is 0 Å². The average molecular weight is 669 g/mol. The highest BCUT2D eigenvalue weighted by molar-refractivity contribution is 7.26. The molecule has 0 saturated carbocycles. The van der Waals surface area contributed by atoms with Crippen LogP contribution in [0.3, 0.4) is 0 Å². The van der Waals surface area contributed by atoms with Crippen LogP contribution in [-0.4, -0.2) is 6.71 Å². The molecule has 0 spiro atoms. The van der Waals surface area contributed by atoms with E-state index in [0.29, 0.717) is 0 Å². The van der Waals surface area contributed by atoms with Gasteiger partial charge < -0.3 is 14.5 Å². The van der Waals surface area contributed by atoms with Gasteiger partial charge in [0.15, 0.2) is 0 Å². The Labute approximate surface area is 300 Å². The summed E-state index contributed by atoms with van der Waals surface area (Å²) in [6.07, 6.45) is 0. The highest BCUT2D eigenvalue weighted by Gasteiger charge is 2.43. The third-order valence-electron chi connectivity index (χ3n) is 10.5. The Hall–Kier alpha value is -6.30. The van der Waals surface area contributed by atoms with Crippen LogP contribution in [0.25, 0.3) is 30.9 Å². The van der Waals surface area contributed by atoms with Crippen LogP contribution in [0.2, 0.25) is 0 Å². The Bertz CT molecular complexity index is 2760. The summed E-state index contributed by atoms with van der Waals surface area (Å²) >= 11 is 1.83. The van der Waals surface area contributed by atoms with E-state index >= 15 is 0 Å². The number of ether oxygens (including phenoxy) is 1. The SMILES string of the molecule is c1ccc(N(c2ccccc2)c2ccc3c(c2)sc2c4c(ccc23)B2c3c(cccc3N(c3ccccc3)c3ccc5ccccc5c32)O4)cc1. The molecule has 2 aliphatic heterocycles. The molecule has 5 heteroatoms. The van der Waals surface area contributed by atoms with Gasteiger partial charge in [0.2, 0.25) is 0 Å². The molecule has 0 aliphatic carbocycles. The lowest BCUT2D eigenvalue weighted by molar-refractivity contribution is 0.494. The smallest absolute Gasteiger partial charge is 0.257 e. The van der Waals surface area contributed by atoms with Crippen molar-refractivity contribution in [2.75, 3.05) is 9.80 Å². The molecule has 0 unspecified atom stereocenters. The number of fused-ring (bicyclic) bond motifs is 10. The molecule has 0 N–H and O–H groups in total. The van der Waals surface area contributed by atoms with Crippen LogP contribution < -0.4 is 30.9 Å². The van der Waals surface area contributed by atoms with E-state index in [-0.39, 0.29) is 6.71 Å². The second-order valence-corrected chi connectivity index (χ2v) is 14.3. The van der Waals surface area contributed by atoms with Crippen molar-refractivity contribution >= 4 is 99.5 Å². The van der Waals surface area contributed by atoms with Crippen molar-refractivity contribution in [1.29, 1.82) is 0 Å². The molecule has 9 aromatic rings. The highest BCUT2D eigenvalue weighted by Crippen LogP contribution is 2.47. The fourth-order valence-corrected chi connectivity index (χ4v) is 9.56. The van der Waals surface area contributed by atoms with Crippen molar-refractivity contribution in [1.82, 2.24) is 0 Å². The minimum Gasteiger partial charge on any atom is -0.457 e. The van der Waals surface area contributed by atoms with E-state index in [9.17, 15) is 0 Å². The Morgan fingerprint density at radius 1 is 0.510 bits per heavy atom. The van der Waals surface area contributed by atoms with Gasteiger partial charge in [-0.1, -0.05) is 109 Å². The zero-order valence-corrected chi connectivity index (χ0v) is 28.3. The summed E-state index contributed by atoms with van der Waals surface area (Å²) in [4.78, 5) is 4.74. The van der Waals surface area contributed by atoms with Crippen LogP contribution in [0.1, 0.15) is 0 Å². The van der Waals surface area contributed by atoms with Crippen LogP contribution in [0.15, 0.2) is 176 Å². The van der Waals surface area contributed by atoms with E-state index < -0.39 is 0 Å². The maximum Gasteiger partial charge on any atom is 0.257 e. The van der Waals surface area contributed by atoms with E-state index in [1.807, 2.05) is 11.3 Å². The van der Waals surface area contributed by atoms with Crippen molar-refractivity contribution in [2.24, 2.45) is 0 Å². The second kappa shape index (κ2) is 11.1. The first-order chi connectivity index (χ1) is 25.3. The fraction of sp³-hybridized carbons (Fsp3) is 0. The van der Waals surface area contributed by atoms with Crippen molar-refractivity contribution in [3.63, 3.8) is 0 Å². The van der Waals surface area contributed by atoms with E-state index in [0.717, 1.165) is 34.2 Å². The molecule has 0 saturated heterocycles. The lowest BCUT2D eigenvalue weighted by atomic mass is 9.33. The number of benzene rings is 8. The molecular weight excluding hydrogens is 639 g/mol. The van der Waals surface area contributed by atoms with E-state index in [1.165, 1.54) is 58.7 Å². The molecular formula is C46H29BN2OS. The molecule has 51 heavy (non-hydrogen) atoms. The quantitative estimate of drug-likeness (QED) is 0.174. The minimum atomic E-state index is 0.0258. The normalized spacial score (nSPS) is 12.8. The van der Waals surface area contributed by atoms with Gasteiger partial charge in [0.25, 0.3) is 6.71 Å². The van der Waals surface area contributed by atoms with Crippen LogP contribution in [-0.2, 0) is 0 Å². The summed E-state index contributed by atoms with van der Waals surface area (Å²) in [5.74, 6) is 1.90. The molecule has 0 fully saturated rings. The first kappa shape index (κ1) is 28.5. The maximum atomic E-state index is 7.07. The van der Waals surface area contributed by atoms with E-state index in [4.69, 9.17) is 4.74 Å². The summed E-state index contributed by atoms with van der Waals surface area (Å²) in [5.41, 5.74) is 10.7. The van der Waals surface area contributed by atoms with Gasteiger partial charge in [-0.3, -0.25) is 0 Å². The Morgan fingerprint density at radius 3 is 1.98 bits per heavy atom. The number of nitrogens with zero attached hydrogens (tertiary/aromatic N) is 2. The molecule has 0 radical (unpaired) electrons. The van der Waals surface area contributed by atoms with Crippen molar-refractivity contribution in [3.8, 4) is 11.5 Å². The van der Waals surface area contributed by atoms with Crippen molar-refractivity contribution in [3.05, 3.63) is 176 Å². The summed E-state index contributed by atoms with van der Waals surface area (Å²) in [6.45, 7) is 0.0258. The number of hydrogen-bond acceptors (Lipinski definition) is 4. The van der Waals surface area contributed by atoms with Gasteiger partial charge in [-0.05, 0) is 93.9 Å². The van der Waals surface area contributed by atoms with Gasteiger partial charge in [-0.2, -0.15) is 0 Å². The zero-order valence-electron chi connectivity index (χ0n) is 27.5. The largest absolute Gasteiger partial charge is 0.457 e. The lowest BCUT2D eigenvalue weighted by Gasteiger charge is -2.40. The Kier molecular flexibility index (Phi) is 6.22. The fourth-order valence-electron chi connectivity index (χ4n) is 8.33. The molecule has 238 valence electrons. The molecule has 0 atom stereocenters. The predicted molar refractivity (Wildman–Crippen MR) is 217 cm³/mol. The maximum absolute atomic E-state index is 7.07. The first-order valence-electron chi connectivity index (χ1n) is 17.4. The molecule has 1 aromatic heterocycles. The van der Waals surface area contributed by atoms with Crippen molar-refractivity contribution in [2.45, 2.75) is 0 Å². The number of rotatable bonds is 4. The minimum absolute atomic E-state index is 0.0258. The molecule has 11 rings (SSSR count). The molecule has 0 bridgehead atoms. The van der Waals surface area contributed by atoms with Crippen molar-refractivity contribution < 1.29 is 4.74 Å². The van der Waals surface area contributed by atoms with Gasteiger partial charge >= 0.3 is 0 Å². The van der Waals surface area contributed by atoms with Gasteiger partial charge in [-0.15, -0.1) is 11.3 Å². The molecule has 0 amide bonds. The third kappa shape index (κ3) is 4.25. The summed E-state index contributed by atoms with van der Waals surface area (Å²) in [7, 11) is 0. The summed E-state index contributed by atoms with van der Waals surface area (Å²) in [6, 6.07) is 63.3. The highest BCUT2D eigenvalue weighted by atomic mass is 32.1.